The van der Waals surface area contributed by atoms with Gasteiger partial charge in [-0.2, -0.15) is 0 Å². The minimum atomic E-state index is -0.506. The number of nitrogens with one attached hydrogen (secondary N) is 1. The highest BCUT2D eigenvalue weighted by molar-refractivity contribution is 8.01. The molecule has 8 heteroatoms. The number of carbonyl (C=O) groups excluding carboxylic acids is 2. The number of ether oxygens (including phenoxy) is 1. The molecular formula is C16H17FN2O4S. The summed E-state index contributed by atoms with van der Waals surface area (Å²) in [6.45, 7) is 3.43. The minimum absolute atomic E-state index is 0.00630. The number of hydrogen-bond acceptors (Lipinski definition) is 6. The summed E-state index contributed by atoms with van der Waals surface area (Å²) in [6, 6.07) is 7.13. The van der Waals surface area contributed by atoms with Crippen LogP contribution in [0.1, 0.15) is 18.4 Å². The van der Waals surface area contributed by atoms with Gasteiger partial charge in [0.15, 0.2) is 12.4 Å². The lowest BCUT2D eigenvalue weighted by atomic mass is 10.3. The Morgan fingerprint density at radius 1 is 1.38 bits per heavy atom. The van der Waals surface area contributed by atoms with Gasteiger partial charge in [0.2, 0.25) is 5.91 Å². The molecule has 1 heterocycles. The summed E-state index contributed by atoms with van der Waals surface area (Å²) in [5.74, 6) is -0.553. The normalized spacial score (nSPS) is 11.8. The number of aromatic nitrogens is 1. The lowest BCUT2D eigenvalue weighted by Gasteiger charge is -2.10. The van der Waals surface area contributed by atoms with Crippen molar-refractivity contribution >= 4 is 29.3 Å². The first kappa shape index (κ1) is 18.0. The van der Waals surface area contributed by atoms with Crippen LogP contribution in [0.25, 0.3) is 0 Å². The molecule has 0 aliphatic heterocycles. The first-order valence-electron chi connectivity index (χ1n) is 7.20. The van der Waals surface area contributed by atoms with Crippen LogP contribution in [0.2, 0.25) is 0 Å². The summed E-state index contributed by atoms with van der Waals surface area (Å²) in [7, 11) is 0. The SMILES string of the molecule is Cc1cc(COC(=O)C(C)SCC(=O)Nc2ccc(F)cc2)on1. The molecule has 0 saturated heterocycles. The molecule has 1 aromatic heterocycles. The topological polar surface area (TPSA) is 81.4 Å². The Kier molecular flexibility index (Phi) is 6.36. The Morgan fingerprint density at radius 2 is 2.08 bits per heavy atom. The maximum Gasteiger partial charge on any atom is 0.319 e. The van der Waals surface area contributed by atoms with Crippen molar-refractivity contribution in [3.05, 3.63) is 47.6 Å². The quantitative estimate of drug-likeness (QED) is 0.772. The predicted molar refractivity (Wildman–Crippen MR) is 88.0 cm³/mol. The van der Waals surface area contributed by atoms with Crippen LogP contribution in [0.15, 0.2) is 34.9 Å². The third kappa shape index (κ3) is 5.69. The highest BCUT2D eigenvalue weighted by Gasteiger charge is 2.17. The van der Waals surface area contributed by atoms with Crippen LogP contribution in [0.5, 0.6) is 0 Å². The third-order valence-electron chi connectivity index (χ3n) is 2.96. The van der Waals surface area contributed by atoms with Crippen LogP contribution < -0.4 is 5.32 Å². The van der Waals surface area contributed by atoms with Crippen LogP contribution in [0.3, 0.4) is 0 Å². The van der Waals surface area contributed by atoms with Gasteiger partial charge in [-0.3, -0.25) is 9.59 Å². The monoisotopic (exact) mass is 352 g/mol. The van der Waals surface area contributed by atoms with E-state index in [9.17, 15) is 14.0 Å². The van der Waals surface area contributed by atoms with Gasteiger partial charge in [0.05, 0.1) is 11.4 Å². The highest BCUT2D eigenvalue weighted by Crippen LogP contribution is 2.15. The van der Waals surface area contributed by atoms with E-state index in [2.05, 4.69) is 10.5 Å². The number of nitrogens with zero attached hydrogens (tertiary/aromatic N) is 1. The van der Waals surface area contributed by atoms with Gasteiger partial charge in [-0.1, -0.05) is 5.16 Å². The van der Waals surface area contributed by atoms with E-state index < -0.39 is 11.2 Å². The minimum Gasteiger partial charge on any atom is -0.457 e. The number of hydrogen-bond donors (Lipinski definition) is 1. The van der Waals surface area contributed by atoms with Crippen molar-refractivity contribution in [2.75, 3.05) is 11.1 Å². The molecule has 2 aromatic rings. The van der Waals surface area contributed by atoms with Gasteiger partial charge in [-0.05, 0) is 38.1 Å². The van der Waals surface area contributed by atoms with Crippen LogP contribution >= 0.6 is 11.8 Å². The van der Waals surface area contributed by atoms with Crippen molar-refractivity contribution in [2.45, 2.75) is 25.7 Å². The van der Waals surface area contributed by atoms with Crippen molar-refractivity contribution in [3.8, 4) is 0 Å². The average molecular weight is 352 g/mol. The zero-order valence-corrected chi connectivity index (χ0v) is 14.1. The van der Waals surface area contributed by atoms with Crippen molar-refractivity contribution in [3.63, 3.8) is 0 Å². The summed E-state index contributed by atoms with van der Waals surface area (Å²) in [6.07, 6.45) is 0. The molecule has 1 N–H and O–H groups in total. The van der Waals surface area contributed by atoms with Gasteiger partial charge < -0.3 is 14.6 Å². The molecule has 1 aromatic carbocycles. The van der Waals surface area contributed by atoms with E-state index in [1.807, 2.05) is 0 Å². The molecule has 6 nitrogen and oxygen atoms in total. The summed E-state index contributed by atoms with van der Waals surface area (Å²) in [4.78, 5) is 23.7. The number of carbonyl (C=O) groups is 2. The van der Waals surface area contributed by atoms with Crippen LogP contribution in [-0.4, -0.2) is 28.0 Å². The van der Waals surface area contributed by atoms with Gasteiger partial charge in [-0.25, -0.2) is 4.39 Å². The van der Waals surface area contributed by atoms with E-state index >= 15 is 0 Å². The van der Waals surface area contributed by atoms with Crippen molar-refractivity contribution in [1.82, 2.24) is 5.16 Å². The first-order valence-corrected chi connectivity index (χ1v) is 8.25. The summed E-state index contributed by atoms with van der Waals surface area (Å²) in [5.41, 5.74) is 1.21. The first-order chi connectivity index (χ1) is 11.4. The molecule has 0 aliphatic carbocycles. The predicted octanol–water partition coefficient (Wildman–Crippen LogP) is 2.93. The van der Waals surface area contributed by atoms with E-state index in [0.717, 1.165) is 11.8 Å². The summed E-state index contributed by atoms with van der Waals surface area (Å²) >= 11 is 1.15. The molecule has 2 rings (SSSR count). The number of anilines is 1. The van der Waals surface area contributed by atoms with Crippen molar-refractivity contribution in [1.29, 1.82) is 0 Å². The maximum absolute atomic E-state index is 12.8. The number of amides is 1. The zero-order valence-electron chi connectivity index (χ0n) is 13.2. The smallest absolute Gasteiger partial charge is 0.319 e. The molecule has 1 unspecified atom stereocenters. The second-order valence-corrected chi connectivity index (χ2v) is 6.38. The van der Waals surface area contributed by atoms with Crippen LogP contribution in [0, 0.1) is 12.7 Å². The molecule has 128 valence electrons. The van der Waals surface area contributed by atoms with Gasteiger partial charge in [0, 0.05) is 11.8 Å². The molecule has 0 fully saturated rings. The zero-order chi connectivity index (χ0) is 17.5. The Hall–Kier alpha value is -2.35. The number of aryl methyl sites for hydroxylation is 1. The Morgan fingerprint density at radius 3 is 2.71 bits per heavy atom. The second kappa shape index (κ2) is 8.49. The van der Waals surface area contributed by atoms with Crippen LogP contribution in [-0.2, 0) is 20.9 Å². The van der Waals surface area contributed by atoms with E-state index in [1.165, 1.54) is 24.3 Å². The van der Waals surface area contributed by atoms with Gasteiger partial charge >= 0.3 is 5.97 Å². The molecule has 24 heavy (non-hydrogen) atoms. The second-order valence-electron chi connectivity index (χ2n) is 5.05. The Bertz CT molecular complexity index is 702. The van der Waals surface area contributed by atoms with Crippen LogP contribution in [0.4, 0.5) is 10.1 Å². The van der Waals surface area contributed by atoms with Crippen molar-refractivity contribution < 1.29 is 23.2 Å². The molecule has 0 spiro atoms. The lowest BCUT2D eigenvalue weighted by Crippen LogP contribution is -2.21. The number of thioether (sulfide) groups is 1. The molecule has 0 saturated carbocycles. The highest BCUT2D eigenvalue weighted by atomic mass is 32.2. The standard InChI is InChI=1S/C16H17FN2O4S/c1-10-7-14(23-19-10)8-22-16(21)11(2)24-9-15(20)18-13-5-3-12(17)4-6-13/h3-7,11H,8-9H2,1-2H3,(H,18,20). The summed E-state index contributed by atoms with van der Waals surface area (Å²) < 4.78 is 22.8. The van der Waals surface area contributed by atoms with Gasteiger partial charge in [0.25, 0.3) is 0 Å². The maximum atomic E-state index is 12.8. The van der Waals surface area contributed by atoms with E-state index in [0.29, 0.717) is 17.1 Å². The van der Waals surface area contributed by atoms with E-state index in [4.69, 9.17) is 9.26 Å². The van der Waals surface area contributed by atoms with Gasteiger partial charge in [-0.15, -0.1) is 11.8 Å². The molecule has 0 bridgehead atoms. The van der Waals surface area contributed by atoms with Crippen molar-refractivity contribution in [2.24, 2.45) is 0 Å². The number of esters is 1. The molecular weight excluding hydrogens is 335 g/mol. The molecule has 0 radical (unpaired) electrons. The molecule has 0 aliphatic rings. The fourth-order valence-electron chi connectivity index (χ4n) is 1.74. The molecule has 1 atom stereocenters. The van der Waals surface area contributed by atoms with E-state index in [1.54, 1.807) is 19.9 Å². The Labute approximate surface area is 142 Å². The van der Waals surface area contributed by atoms with Gasteiger partial charge in [0.1, 0.15) is 11.1 Å². The fraction of sp³-hybridized carbons (Fsp3) is 0.312. The number of benzene rings is 1. The summed E-state index contributed by atoms with van der Waals surface area (Å²) in [5, 5.41) is 5.81. The third-order valence-corrected chi connectivity index (χ3v) is 4.08. The fourth-order valence-corrected chi connectivity index (χ4v) is 2.42. The molecule has 1 amide bonds. The lowest BCUT2D eigenvalue weighted by molar-refractivity contribution is -0.144. The largest absolute Gasteiger partial charge is 0.457 e. The number of rotatable bonds is 7. The van der Waals surface area contributed by atoms with E-state index in [-0.39, 0.29) is 24.1 Å². The Balaban J connectivity index is 1.71. The number of halogens is 1. The average Bonchev–Trinajstić information content (AvgIpc) is 2.98.